The van der Waals surface area contributed by atoms with Gasteiger partial charge in [0.2, 0.25) is 0 Å². The lowest BCUT2D eigenvalue weighted by molar-refractivity contribution is 0.451. The average molecular weight is 481 g/mol. The van der Waals surface area contributed by atoms with Gasteiger partial charge in [-0.25, -0.2) is 4.68 Å². The molecule has 0 aliphatic rings. The molecule has 156 valence electrons. The van der Waals surface area contributed by atoms with Crippen molar-refractivity contribution < 1.29 is 0 Å². The molecule has 0 fully saturated rings. The number of alkyl halides is 1. The van der Waals surface area contributed by atoms with Crippen LogP contribution in [0.15, 0.2) is 115 Å². The molecule has 5 aromatic rings. The number of tetrazole rings is 1. The smallest absolute Gasteiger partial charge is 0.183 e. The highest BCUT2D eigenvalue weighted by Gasteiger charge is 2.41. The van der Waals surface area contributed by atoms with Gasteiger partial charge in [-0.05, 0) is 32.7 Å². The van der Waals surface area contributed by atoms with E-state index in [1.807, 2.05) is 35.0 Å². The Morgan fingerprint density at radius 3 is 1.59 bits per heavy atom. The van der Waals surface area contributed by atoms with E-state index in [-0.39, 0.29) is 0 Å². The fourth-order valence-electron chi connectivity index (χ4n) is 4.34. The molecule has 0 radical (unpaired) electrons. The van der Waals surface area contributed by atoms with Gasteiger partial charge in [-0.3, -0.25) is 0 Å². The summed E-state index contributed by atoms with van der Waals surface area (Å²) in [6.45, 7) is 0. The molecule has 32 heavy (non-hydrogen) atoms. The molecule has 4 nitrogen and oxygen atoms in total. The monoisotopic (exact) mass is 480 g/mol. The topological polar surface area (TPSA) is 43.6 Å². The van der Waals surface area contributed by atoms with Crippen LogP contribution in [0.1, 0.15) is 22.3 Å². The van der Waals surface area contributed by atoms with E-state index >= 15 is 0 Å². The Balaban J connectivity index is 1.91. The van der Waals surface area contributed by atoms with Crippen molar-refractivity contribution in [1.29, 1.82) is 0 Å². The van der Waals surface area contributed by atoms with E-state index in [1.165, 1.54) is 0 Å². The fraction of sp³-hybridized carbons (Fsp3) is 0.0741. The predicted molar refractivity (Wildman–Crippen MR) is 130 cm³/mol. The van der Waals surface area contributed by atoms with Crippen molar-refractivity contribution in [1.82, 2.24) is 20.2 Å². The maximum Gasteiger partial charge on any atom is 0.183 e. The molecule has 0 saturated carbocycles. The molecule has 0 spiro atoms. The number of hydrogen-bond donors (Lipinski definition) is 0. The van der Waals surface area contributed by atoms with Crippen LogP contribution in [0, 0.1) is 0 Å². The maximum absolute atomic E-state index is 4.61. The Bertz CT molecular complexity index is 1200. The third-order valence-corrected chi connectivity index (χ3v) is 6.37. The minimum absolute atomic E-state index is 0.713. The first-order valence-corrected chi connectivity index (χ1v) is 11.6. The van der Waals surface area contributed by atoms with Crippen molar-refractivity contribution in [3.05, 3.63) is 138 Å². The van der Waals surface area contributed by atoms with Crippen molar-refractivity contribution in [3.8, 4) is 11.4 Å². The van der Waals surface area contributed by atoms with Gasteiger partial charge in [-0.15, -0.1) is 5.10 Å². The molecule has 0 bridgehead atoms. The molecule has 4 aromatic carbocycles. The Kier molecular flexibility index (Phi) is 5.65. The van der Waals surface area contributed by atoms with E-state index in [0.29, 0.717) is 5.33 Å². The minimum atomic E-state index is -0.748. The molecule has 0 atom stereocenters. The number of nitrogens with zero attached hydrogens (tertiary/aromatic N) is 4. The predicted octanol–water partition coefficient (Wildman–Crippen LogP) is 6.08. The maximum atomic E-state index is 4.61. The molecule has 0 aliphatic carbocycles. The van der Waals surface area contributed by atoms with Crippen LogP contribution in [-0.2, 0) is 10.9 Å². The minimum Gasteiger partial charge on any atom is -0.205 e. The van der Waals surface area contributed by atoms with Gasteiger partial charge in [-0.2, -0.15) is 0 Å². The number of benzene rings is 4. The highest BCUT2D eigenvalue weighted by Crippen LogP contribution is 2.42. The van der Waals surface area contributed by atoms with Crippen LogP contribution in [0.3, 0.4) is 0 Å². The molecule has 1 aromatic heterocycles. The largest absolute Gasteiger partial charge is 0.205 e. The molecular weight excluding hydrogens is 460 g/mol. The van der Waals surface area contributed by atoms with Gasteiger partial charge in [0, 0.05) is 10.9 Å². The first kappa shape index (κ1) is 20.3. The standard InChI is InChI=1S/C27H21BrN4/c28-20-21-12-10-11-19-25(21)26-29-30-31-32(26)27(22-13-4-1-5-14-22,23-15-6-2-7-16-23)24-17-8-3-9-18-24/h1-19H,20H2. The summed E-state index contributed by atoms with van der Waals surface area (Å²) in [5, 5.41) is 14.0. The van der Waals surface area contributed by atoms with Gasteiger partial charge in [0.15, 0.2) is 5.82 Å². The molecule has 0 amide bonds. The van der Waals surface area contributed by atoms with Crippen LogP contribution >= 0.6 is 15.9 Å². The molecule has 0 N–H and O–H groups in total. The van der Waals surface area contributed by atoms with Crippen LogP contribution < -0.4 is 0 Å². The number of halogens is 1. The van der Waals surface area contributed by atoms with E-state index in [0.717, 1.165) is 33.6 Å². The van der Waals surface area contributed by atoms with Gasteiger partial charge < -0.3 is 0 Å². The van der Waals surface area contributed by atoms with Crippen molar-refractivity contribution in [2.75, 3.05) is 0 Å². The van der Waals surface area contributed by atoms with E-state index in [1.54, 1.807) is 0 Å². The molecular formula is C27H21BrN4. The van der Waals surface area contributed by atoms with Crippen molar-refractivity contribution in [2.45, 2.75) is 10.9 Å². The third kappa shape index (κ3) is 3.35. The van der Waals surface area contributed by atoms with Crippen LogP contribution in [0.4, 0.5) is 0 Å². The van der Waals surface area contributed by atoms with Crippen molar-refractivity contribution in [3.63, 3.8) is 0 Å². The second-order valence-electron chi connectivity index (χ2n) is 7.51. The van der Waals surface area contributed by atoms with Gasteiger partial charge in [0.25, 0.3) is 0 Å². The van der Waals surface area contributed by atoms with Crippen LogP contribution in [-0.4, -0.2) is 20.2 Å². The highest BCUT2D eigenvalue weighted by molar-refractivity contribution is 9.08. The van der Waals surface area contributed by atoms with Crippen LogP contribution in [0.5, 0.6) is 0 Å². The molecule has 0 aliphatic heterocycles. The van der Waals surface area contributed by atoms with E-state index < -0.39 is 5.54 Å². The summed E-state index contributed by atoms with van der Waals surface area (Å²) in [4.78, 5) is 0. The highest BCUT2D eigenvalue weighted by atomic mass is 79.9. The van der Waals surface area contributed by atoms with Gasteiger partial charge in [0.05, 0.1) is 0 Å². The van der Waals surface area contributed by atoms with Gasteiger partial charge in [0.1, 0.15) is 5.54 Å². The van der Waals surface area contributed by atoms with E-state index in [4.69, 9.17) is 0 Å². The van der Waals surface area contributed by atoms with Crippen molar-refractivity contribution >= 4 is 15.9 Å². The van der Waals surface area contributed by atoms with E-state index in [9.17, 15) is 0 Å². The van der Waals surface area contributed by atoms with Crippen LogP contribution in [0.25, 0.3) is 11.4 Å². The lowest BCUT2D eigenvalue weighted by Crippen LogP contribution is -2.39. The fourth-order valence-corrected chi connectivity index (χ4v) is 4.83. The Morgan fingerprint density at radius 1 is 0.625 bits per heavy atom. The van der Waals surface area contributed by atoms with Crippen LogP contribution in [0.2, 0.25) is 0 Å². The zero-order valence-electron chi connectivity index (χ0n) is 17.3. The summed E-state index contributed by atoms with van der Waals surface area (Å²) < 4.78 is 1.97. The quantitative estimate of drug-likeness (QED) is 0.218. The summed E-state index contributed by atoms with van der Waals surface area (Å²) in [7, 11) is 0. The summed E-state index contributed by atoms with van der Waals surface area (Å²) in [6.07, 6.45) is 0. The lowest BCUT2D eigenvalue weighted by atomic mass is 9.77. The molecule has 0 saturated heterocycles. The second kappa shape index (κ2) is 8.89. The summed E-state index contributed by atoms with van der Waals surface area (Å²) in [6, 6.07) is 39.5. The first-order valence-electron chi connectivity index (χ1n) is 10.5. The lowest BCUT2D eigenvalue weighted by Gasteiger charge is -2.36. The van der Waals surface area contributed by atoms with Gasteiger partial charge >= 0.3 is 0 Å². The number of rotatable bonds is 6. The summed E-state index contributed by atoms with van der Waals surface area (Å²) in [5.41, 5.74) is 4.64. The van der Waals surface area contributed by atoms with Gasteiger partial charge in [-0.1, -0.05) is 131 Å². The molecule has 5 heteroatoms. The zero-order valence-corrected chi connectivity index (χ0v) is 18.9. The number of hydrogen-bond acceptors (Lipinski definition) is 3. The number of aromatic nitrogens is 4. The normalized spacial score (nSPS) is 11.4. The van der Waals surface area contributed by atoms with E-state index in [2.05, 4.69) is 116 Å². The third-order valence-electron chi connectivity index (χ3n) is 5.76. The zero-order chi connectivity index (χ0) is 21.8. The van der Waals surface area contributed by atoms with Crippen molar-refractivity contribution in [2.24, 2.45) is 0 Å². The summed E-state index contributed by atoms with van der Waals surface area (Å²) in [5.74, 6) is 0.719. The molecule has 1 heterocycles. The Labute approximate surface area is 195 Å². The summed E-state index contributed by atoms with van der Waals surface area (Å²) >= 11 is 3.63. The first-order chi connectivity index (χ1) is 15.9. The Morgan fingerprint density at radius 2 is 1.09 bits per heavy atom. The molecule has 5 rings (SSSR count). The Hall–Kier alpha value is -3.57. The molecule has 0 unspecified atom stereocenters. The average Bonchev–Trinajstić information content (AvgIpc) is 3.36. The SMILES string of the molecule is BrCc1ccccc1-c1nnnn1C(c1ccccc1)(c1ccccc1)c1ccccc1. The second-order valence-corrected chi connectivity index (χ2v) is 8.07.